The summed E-state index contributed by atoms with van der Waals surface area (Å²) < 4.78 is 47.3. The summed E-state index contributed by atoms with van der Waals surface area (Å²) in [5.41, 5.74) is -0.341. The fourth-order valence-corrected chi connectivity index (χ4v) is 6.05. The molecule has 0 aliphatic heterocycles. The van der Waals surface area contributed by atoms with Gasteiger partial charge < -0.3 is 10.1 Å². The smallest absolute Gasteiger partial charge is 0.433 e. The van der Waals surface area contributed by atoms with Crippen LogP contribution in [0.25, 0.3) is 16.9 Å². The third-order valence-corrected chi connectivity index (χ3v) is 7.75. The van der Waals surface area contributed by atoms with Crippen molar-refractivity contribution < 1.29 is 27.5 Å². The molecule has 0 bridgehead atoms. The van der Waals surface area contributed by atoms with Gasteiger partial charge in [0.25, 0.3) is 5.91 Å². The zero-order chi connectivity index (χ0) is 26.5. The highest BCUT2D eigenvalue weighted by molar-refractivity contribution is 7.17. The van der Waals surface area contributed by atoms with Gasteiger partial charge in [-0.1, -0.05) is 48.9 Å². The summed E-state index contributed by atoms with van der Waals surface area (Å²) in [4.78, 5) is 31.0. The fraction of sp³-hybridized carbons (Fsp3) is 0.280. The van der Waals surface area contributed by atoms with Crippen LogP contribution in [0.5, 0.6) is 0 Å². The van der Waals surface area contributed by atoms with Crippen LogP contribution >= 0.6 is 22.9 Å². The molecule has 1 atom stereocenters. The summed E-state index contributed by atoms with van der Waals surface area (Å²) >= 11 is 7.63. The van der Waals surface area contributed by atoms with Gasteiger partial charge in [0.2, 0.25) is 0 Å². The molecule has 3 aromatic heterocycles. The standard InChI is InChI=1S/C25H20ClF3N4O3S/c1-12-8-9-14-16(10-12)37-23(18(14)24(35)36-2)31-22(34)20-19(26)21-30-15(13-6-4-3-5-7-13)11-17(25(27,28)29)33(21)32-20/h3-7,11-12H,8-10H2,1-2H3,(H,31,34). The van der Waals surface area contributed by atoms with Crippen molar-refractivity contribution in [2.75, 3.05) is 12.4 Å². The summed E-state index contributed by atoms with van der Waals surface area (Å²) in [5.74, 6) is -1.04. The van der Waals surface area contributed by atoms with Gasteiger partial charge >= 0.3 is 12.1 Å². The summed E-state index contributed by atoms with van der Waals surface area (Å²) in [6.45, 7) is 2.10. The van der Waals surface area contributed by atoms with Crippen molar-refractivity contribution in [1.82, 2.24) is 14.6 Å². The van der Waals surface area contributed by atoms with Gasteiger partial charge in [-0.15, -0.1) is 11.3 Å². The van der Waals surface area contributed by atoms with Gasteiger partial charge in [-0.3, -0.25) is 4.79 Å². The molecular formula is C25H20ClF3N4O3S. The van der Waals surface area contributed by atoms with Crippen LogP contribution in [0.2, 0.25) is 5.02 Å². The Labute approximate surface area is 218 Å². The number of carbonyl (C=O) groups is 2. The predicted octanol–water partition coefficient (Wildman–Crippen LogP) is 6.29. The Morgan fingerprint density at radius 2 is 1.97 bits per heavy atom. The first kappa shape index (κ1) is 25.2. The van der Waals surface area contributed by atoms with E-state index >= 15 is 0 Å². The molecule has 192 valence electrons. The lowest BCUT2D eigenvalue weighted by Gasteiger charge is -2.18. The summed E-state index contributed by atoms with van der Waals surface area (Å²) in [6, 6.07) is 9.16. The van der Waals surface area contributed by atoms with Crippen LogP contribution < -0.4 is 5.32 Å². The quantitative estimate of drug-likeness (QED) is 0.303. The van der Waals surface area contributed by atoms with Crippen LogP contribution in [0.3, 0.4) is 0 Å². The van der Waals surface area contributed by atoms with E-state index in [-0.39, 0.29) is 26.9 Å². The molecule has 0 fully saturated rings. The molecule has 12 heteroatoms. The van der Waals surface area contributed by atoms with Crippen molar-refractivity contribution in [3.05, 3.63) is 68.8 Å². The molecule has 3 heterocycles. The highest BCUT2D eigenvalue weighted by Crippen LogP contribution is 2.41. The van der Waals surface area contributed by atoms with Gasteiger partial charge in [0.15, 0.2) is 17.0 Å². The molecule has 0 saturated carbocycles. The third kappa shape index (κ3) is 4.57. The van der Waals surface area contributed by atoms with Crippen LogP contribution in [-0.4, -0.2) is 33.6 Å². The average molecular weight is 549 g/mol. The summed E-state index contributed by atoms with van der Waals surface area (Å²) in [5, 5.41) is 6.42. The Kier molecular flexibility index (Phi) is 6.45. The lowest BCUT2D eigenvalue weighted by Crippen LogP contribution is -2.17. The highest BCUT2D eigenvalue weighted by atomic mass is 35.5. The predicted molar refractivity (Wildman–Crippen MR) is 133 cm³/mol. The number of esters is 1. The normalized spacial score (nSPS) is 15.5. The molecule has 0 radical (unpaired) electrons. The maximum Gasteiger partial charge on any atom is 0.433 e. The maximum atomic E-state index is 14.0. The van der Waals surface area contributed by atoms with Crippen molar-refractivity contribution in [3.63, 3.8) is 0 Å². The van der Waals surface area contributed by atoms with Gasteiger partial charge in [-0.05, 0) is 36.8 Å². The number of rotatable bonds is 4. The number of alkyl halides is 3. The van der Waals surface area contributed by atoms with E-state index in [2.05, 4.69) is 22.3 Å². The maximum absolute atomic E-state index is 14.0. The zero-order valence-corrected chi connectivity index (χ0v) is 21.2. The van der Waals surface area contributed by atoms with E-state index in [1.165, 1.54) is 18.4 Å². The molecule has 1 unspecified atom stereocenters. The van der Waals surface area contributed by atoms with E-state index in [1.807, 2.05) is 0 Å². The summed E-state index contributed by atoms with van der Waals surface area (Å²) in [7, 11) is 1.25. The molecule has 1 N–H and O–H groups in total. The number of aromatic nitrogens is 3. The number of thiophene rings is 1. The lowest BCUT2D eigenvalue weighted by atomic mass is 9.88. The second-order valence-electron chi connectivity index (χ2n) is 8.79. The van der Waals surface area contributed by atoms with Crippen LogP contribution in [0.4, 0.5) is 18.2 Å². The number of anilines is 1. The SMILES string of the molecule is COC(=O)c1c(NC(=O)c2nn3c(C(F)(F)F)cc(-c4ccccc4)nc3c2Cl)sc2c1CCC(C)C2. The number of carbonyl (C=O) groups excluding carboxylic acids is 2. The molecule has 0 spiro atoms. The van der Waals surface area contributed by atoms with Crippen molar-refractivity contribution in [2.24, 2.45) is 5.92 Å². The van der Waals surface area contributed by atoms with Gasteiger partial charge in [0.1, 0.15) is 10.0 Å². The first-order valence-electron chi connectivity index (χ1n) is 11.3. The van der Waals surface area contributed by atoms with E-state index in [0.717, 1.165) is 29.3 Å². The van der Waals surface area contributed by atoms with Crippen LogP contribution in [0.15, 0.2) is 36.4 Å². The Hall–Kier alpha value is -3.44. The van der Waals surface area contributed by atoms with Crippen LogP contribution in [0.1, 0.15) is 50.3 Å². The fourth-order valence-electron chi connectivity index (χ4n) is 4.41. The molecule has 0 saturated heterocycles. The number of ether oxygens (including phenoxy) is 1. The number of hydrogen-bond acceptors (Lipinski definition) is 6. The number of halogens is 4. The van der Waals surface area contributed by atoms with E-state index in [9.17, 15) is 22.8 Å². The number of nitrogens with one attached hydrogen (secondary N) is 1. The van der Waals surface area contributed by atoms with Gasteiger partial charge in [0.05, 0.1) is 18.4 Å². The number of nitrogens with zero attached hydrogens (tertiary/aromatic N) is 3. The molecule has 1 aliphatic carbocycles. The first-order valence-corrected chi connectivity index (χ1v) is 12.5. The van der Waals surface area contributed by atoms with E-state index in [4.69, 9.17) is 16.3 Å². The molecule has 4 aromatic rings. The zero-order valence-electron chi connectivity index (χ0n) is 19.6. The van der Waals surface area contributed by atoms with Gasteiger partial charge in [-0.2, -0.15) is 18.3 Å². The minimum Gasteiger partial charge on any atom is -0.465 e. The first-order chi connectivity index (χ1) is 17.6. The molecule has 1 amide bonds. The minimum atomic E-state index is -4.80. The molecular weight excluding hydrogens is 529 g/mol. The van der Waals surface area contributed by atoms with E-state index in [1.54, 1.807) is 30.3 Å². The number of fused-ring (bicyclic) bond motifs is 2. The van der Waals surface area contributed by atoms with E-state index in [0.29, 0.717) is 22.4 Å². The van der Waals surface area contributed by atoms with Crippen LogP contribution in [0, 0.1) is 5.92 Å². The number of hydrogen-bond donors (Lipinski definition) is 1. The Balaban J connectivity index is 1.59. The number of amides is 1. The topological polar surface area (TPSA) is 85.6 Å². The number of methoxy groups -OCH3 is 1. The van der Waals surface area contributed by atoms with Crippen molar-refractivity contribution in [2.45, 2.75) is 32.4 Å². The molecule has 37 heavy (non-hydrogen) atoms. The molecule has 7 nitrogen and oxygen atoms in total. The van der Waals surface area contributed by atoms with Crippen molar-refractivity contribution in [3.8, 4) is 11.3 Å². The molecule has 1 aromatic carbocycles. The van der Waals surface area contributed by atoms with E-state index < -0.39 is 29.4 Å². The lowest BCUT2D eigenvalue weighted by molar-refractivity contribution is -0.142. The second kappa shape index (κ2) is 9.46. The summed E-state index contributed by atoms with van der Waals surface area (Å²) in [6.07, 6.45) is -2.51. The van der Waals surface area contributed by atoms with Crippen molar-refractivity contribution >= 4 is 45.5 Å². The minimum absolute atomic E-state index is 0.0298. The Bertz CT molecular complexity index is 1530. The monoisotopic (exact) mass is 548 g/mol. The highest BCUT2D eigenvalue weighted by Gasteiger charge is 2.37. The molecule has 1 aliphatic rings. The third-order valence-electron chi connectivity index (χ3n) is 6.24. The van der Waals surface area contributed by atoms with Gasteiger partial charge in [0, 0.05) is 10.4 Å². The number of benzene rings is 1. The molecule has 5 rings (SSSR count). The average Bonchev–Trinajstić information content (AvgIpc) is 3.39. The Morgan fingerprint density at radius 3 is 2.65 bits per heavy atom. The van der Waals surface area contributed by atoms with Crippen LogP contribution in [-0.2, 0) is 23.8 Å². The van der Waals surface area contributed by atoms with Gasteiger partial charge in [-0.25, -0.2) is 14.3 Å². The van der Waals surface area contributed by atoms with Crippen molar-refractivity contribution in [1.29, 1.82) is 0 Å². The second-order valence-corrected chi connectivity index (χ2v) is 10.3. The Morgan fingerprint density at radius 1 is 1.24 bits per heavy atom. The largest absolute Gasteiger partial charge is 0.465 e.